The molecule has 3 rings (SSSR count). The maximum absolute atomic E-state index is 12.4. The number of carboxylic acids is 1. The number of anilines is 1. The lowest BCUT2D eigenvalue weighted by Crippen LogP contribution is -2.29. The van der Waals surface area contributed by atoms with Gasteiger partial charge in [-0.05, 0) is 30.7 Å². The van der Waals surface area contributed by atoms with Crippen LogP contribution in [0.15, 0.2) is 53.3 Å². The monoisotopic (exact) mass is 323 g/mol. The van der Waals surface area contributed by atoms with Crippen LogP contribution in [-0.4, -0.2) is 28.1 Å². The lowest BCUT2D eigenvalue weighted by atomic mass is 10.1. The third kappa shape index (κ3) is 2.86. The van der Waals surface area contributed by atoms with Crippen LogP contribution in [0.5, 0.6) is 0 Å². The van der Waals surface area contributed by atoms with Gasteiger partial charge in [-0.15, -0.1) is 0 Å². The van der Waals surface area contributed by atoms with Crippen LogP contribution < -0.4 is 10.5 Å². The van der Waals surface area contributed by atoms with Crippen molar-refractivity contribution in [3.8, 4) is 0 Å². The van der Waals surface area contributed by atoms with E-state index in [1.54, 1.807) is 18.0 Å². The summed E-state index contributed by atoms with van der Waals surface area (Å²) >= 11 is 0. The van der Waals surface area contributed by atoms with E-state index < -0.39 is 5.97 Å². The summed E-state index contributed by atoms with van der Waals surface area (Å²) in [6, 6.07) is 14.2. The van der Waals surface area contributed by atoms with E-state index in [4.69, 9.17) is 5.11 Å². The number of aromatic carboxylic acids is 1. The number of fused-ring (bicyclic) bond motifs is 1. The Morgan fingerprint density at radius 1 is 1.21 bits per heavy atom. The average Bonchev–Trinajstić information content (AvgIpc) is 2.60. The van der Waals surface area contributed by atoms with Crippen LogP contribution in [0.25, 0.3) is 11.0 Å². The molecular formula is C18H17N3O3. The van der Waals surface area contributed by atoms with Gasteiger partial charge < -0.3 is 15.0 Å². The Balaban J connectivity index is 2.06. The minimum absolute atomic E-state index is 0.0556. The van der Waals surface area contributed by atoms with Crippen molar-refractivity contribution >= 4 is 22.8 Å². The van der Waals surface area contributed by atoms with E-state index in [1.165, 1.54) is 12.1 Å². The van der Waals surface area contributed by atoms with Crippen molar-refractivity contribution in [3.05, 3.63) is 70.0 Å². The minimum Gasteiger partial charge on any atom is -0.478 e. The first-order valence-corrected chi connectivity index (χ1v) is 7.52. The molecule has 0 saturated heterocycles. The maximum atomic E-state index is 12.4. The standard InChI is InChI=1S/C18H17N3O3/c1-11(12-6-4-3-5-7-12)21(2)16-17(22)20-14-9-8-13(18(23)24)10-15(14)19-16/h3-11H,1-2H3,(H,20,22)(H,23,24). The van der Waals surface area contributed by atoms with Gasteiger partial charge in [-0.25, -0.2) is 9.78 Å². The molecule has 2 N–H and O–H groups in total. The van der Waals surface area contributed by atoms with Gasteiger partial charge in [-0.2, -0.15) is 0 Å². The second-order valence-electron chi connectivity index (χ2n) is 5.62. The second kappa shape index (κ2) is 6.16. The molecule has 1 atom stereocenters. The smallest absolute Gasteiger partial charge is 0.335 e. The molecule has 0 amide bonds. The van der Waals surface area contributed by atoms with Crippen molar-refractivity contribution < 1.29 is 9.90 Å². The molecule has 0 aliphatic rings. The zero-order valence-electron chi connectivity index (χ0n) is 13.4. The van der Waals surface area contributed by atoms with Gasteiger partial charge in [0.1, 0.15) is 0 Å². The molecule has 1 unspecified atom stereocenters. The zero-order valence-corrected chi connectivity index (χ0v) is 13.4. The molecule has 0 saturated carbocycles. The van der Waals surface area contributed by atoms with Gasteiger partial charge in [0, 0.05) is 7.05 Å². The average molecular weight is 323 g/mol. The van der Waals surface area contributed by atoms with Crippen LogP contribution in [-0.2, 0) is 0 Å². The number of carboxylic acid groups (broad SMARTS) is 1. The second-order valence-corrected chi connectivity index (χ2v) is 5.62. The van der Waals surface area contributed by atoms with E-state index in [1.807, 2.05) is 37.3 Å². The predicted octanol–water partition coefficient (Wildman–Crippen LogP) is 2.82. The number of nitrogens with one attached hydrogen (secondary N) is 1. The van der Waals surface area contributed by atoms with Gasteiger partial charge in [0.05, 0.1) is 22.6 Å². The first kappa shape index (κ1) is 15.7. The summed E-state index contributed by atoms with van der Waals surface area (Å²) in [6.45, 7) is 1.98. The normalized spacial score (nSPS) is 12.1. The van der Waals surface area contributed by atoms with Gasteiger partial charge in [0.2, 0.25) is 0 Å². The molecule has 122 valence electrons. The summed E-state index contributed by atoms with van der Waals surface area (Å²) in [5.74, 6) is -0.779. The van der Waals surface area contributed by atoms with Crippen LogP contribution in [0.1, 0.15) is 28.9 Å². The Hall–Kier alpha value is -3.15. The summed E-state index contributed by atoms with van der Waals surface area (Å²) in [5.41, 5.74) is 1.83. The molecule has 0 bridgehead atoms. The summed E-state index contributed by atoms with van der Waals surface area (Å²) in [5, 5.41) is 9.10. The van der Waals surface area contributed by atoms with E-state index in [-0.39, 0.29) is 23.0 Å². The Labute approximate surface area is 138 Å². The van der Waals surface area contributed by atoms with Crippen molar-refractivity contribution in [1.29, 1.82) is 0 Å². The van der Waals surface area contributed by atoms with Gasteiger partial charge >= 0.3 is 5.97 Å². The molecule has 1 aromatic heterocycles. The fourth-order valence-electron chi connectivity index (χ4n) is 2.58. The number of aromatic nitrogens is 2. The summed E-state index contributed by atoms with van der Waals surface area (Å²) in [4.78, 5) is 32.4. The summed E-state index contributed by atoms with van der Waals surface area (Å²) in [6.07, 6.45) is 0. The number of carbonyl (C=O) groups is 1. The predicted molar refractivity (Wildman–Crippen MR) is 92.6 cm³/mol. The zero-order chi connectivity index (χ0) is 17.3. The lowest BCUT2D eigenvalue weighted by molar-refractivity contribution is 0.0697. The third-order valence-electron chi connectivity index (χ3n) is 4.12. The van der Waals surface area contributed by atoms with Crippen molar-refractivity contribution in [3.63, 3.8) is 0 Å². The lowest BCUT2D eigenvalue weighted by Gasteiger charge is -2.25. The molecule has 0 fully saturated rings. The summed E-state index contributed by atoms with van der Waals surface area (Å²) < 4.78 is 0. The highest BCUT2D eigenvalue weighted by atomic mass is 16.4. The third-order valence-corrected chi connectivity index (χ3v) is 4.12. The van der Waals surface area contributed by atoms with Crippen molar-refractivity contribution in [2.75, 3.05) is 11.9 Å². The van der Waals surface area contributed by atoms with Crippen LogP contribution in [0, 0.1) is 0 Å². The van der Waals surface area contributed by atoms with E-state index in [0.717, 1.165) is 5.56 Å². The topological polar surface area (TPSA) is 86.3 Å². The van der Waals surface area contributed by atoms with Crippen molar-refractivity contribution in [2.45, 2.75) is 13.0 Å². The van der Waals surface area contributed by atoms with Crippen molar-refractivity contribution in [1.82, 2.24) is 9.97 Å². The molecule has 0 aliphatic carbocycles. The molecule has 6 nitrogen and oxygen atoms in total. The molecule has 6 heteroatoms. The first-order valence-electron chi connectivity index (χ1n) is 7.52. The van der Waals surface area contributed by atoms with Crippen LogP contribution >= 0.6 is 0 Å². The molecule has 1 heterocycles. The molecule has 24 heavy (non-hydrogen) atoms. The Kier molecular flexibility index (Phi) is 4.04. The van der Waals surface area contributed by atoms with Crippen molar-refractivity contribution in [2.24, 2.45) is 0 Å². The van der Waals surface area contributed by atoms with E-state index >= 15 is 0 Å². The van der Waals surface area contributed by atoms with Crippen LogP contribution in [0.3, 0.4) is 0 Å². The Morgan fingerprint density at radius 2 is 1.92 bits per heavy atom. The molecule has 0 radical (unpaired) electrons. The fraction of sp³-hybridized carbons (Fsp3) is 0.167. The maximum Gasteiger partial charge on any atom is 0.335 e. The van der Waals surface area contributed by atoms with Crippen LogP contribution in [0.4, 0.5) is 5.82 Å². The number of aromatic amines is 1. The van der Waals surface area contributed by atoms with Gasteiger partial charge in [0.25, 0.3) is 5.56 Å². The van der Waals surface area contributed by atoms with Gasteiger partial charge in [-0.1, -0.05) is 30.3 Å². The molecule has 2 aromatic carbocycles. The first-order chi connectivity index (χ1) is 11.5. The van der Waals surface area contributed by atoms with Gasteiger partial charge in [-0.3, -0.25) is 4.79 Å². The quantitative estimate of drug-likeness (QED) is 0.771. The number of hydrogen-bond donors (Lipinski definition) is 2. The van der Waals surface area contributed by atoms with E-state index in [2.05, 4.69) is 9.97 Å². The Bertz CT molecular complexity index is 951. The Morgan fingerprint density at radius 3 is 2.58 bits per heavy atom. The fourth-order valence-corrected chi connectivity index (χ4v) is 2.58. The molecule has 0 spiro atoms. The highest BCUT2D eigenvalue weighted by Gasteiger charge is 2.17. The van der Waals surface area contributed by atoms with Gasteiger partial charge in [0.15, 0.2) is 5.82 Å². The number of rotatable bonds is 4. The largest absolute Gasteiger partial charge is 0.478 e. The molecule has 3 aromatic rings. The number of benzene rings is 2. The SMILES string of the molecule is CC(c1ccccc1)N(C)c1nc2cc(C(=O)O)ccc2[nH]c1=O. The summed E-state index contributed by atoms with van der Waals surface area (Å²) in [7, 11) is 1.79. The van der Waals surface area contributed by atoms with E-state index in [9.17, 15) is 9.59 Å². The molecule has 0 aliphatic heterocycles. The molecular weight excluding hydrogens is 306 g/mol. The van der Waals surface area contributed by atoms with E-state index in [0.29, 0.717) is 11.0 Å². The minimum atomic E-state index is -1.03. The highest BCUT2D eigenvalue weighted by molar-refractivity contribution is 5.92. The van der Waals surface area contributed by atoms with Crippen LogP contribution in [0.2, 0.25) is 0 Å². The number of nitrogens with zero attached hydrogens (tertiary/aromatic N) is 2. The number of H-pyrrole nitrogens is 1. The highest BCUT2D eigenvalue weighted by Crippen LogP contribution is 2.22. The number of hydrogen-bond acceptors (Lipinski definition) is 4.